The molecule has 0 radical (unpaired) electrons. The Balaban J connectivity index is 2.57. The van der Waals surface area contributed by atoms with Gasteiger partial charge in [0, 0.05) is 5.56 Å². The number of carbonyl (C=O) groups is 1. The van der Waals surface area contributed by atoms with E-state index < -0.39 is 24.3 Å². The van der Waals surface area contributed by atoms with E-state index in [9.17, 15) is 18.0 Å². The highest BCUT2D eigenvalue weighted by Crippen LogP contribution is 2.38. The molecule has 0 saturated carbocycles. The second-order valence-electron chi connectivity index (χ2n) is 5.21. The van der Waals surface area contributed by atoms with Crippen molar-refractivity contribution in [3.05, 3.63) is 53.1 Å². The van der Waals surface area contributed by atoms with Crippen molar-refractivity contribution in [2.75, 3.05) is 6.61 Å². The zero-order valence-corrected chi connectivity index (χ0v) is 12.6. The third-order valence-electron chi connectivity index (χ3n) is 3.33. The number of halogens is 3. The van der Waals surface area contributed by atoms with Crippen LogP contribution in [0.15, 0.2) is 36.4 Å². The van der Waals surface area contributed by atoms with Crippen LogP contribution in [0, 0.1) is 13.8 Å². The molecule has 23 heavy (non-hydrogen) atoms. The minimum atomic E-state index is -4.49. The molecule has 2 aromatic carbocycles. The summed E-state index contributed by atoms with van der Waals surface area (Å²) in [5.74, 6) is -1.09. The lowest BCUT2D eigenvalue weighted by molar-refractivity contribution is -0.140. The highest BCUT2D eigenvalue weighted by molar-refractivity contribution is 5.75. The van der Waals surface area contributed by atoms with Crippen molar-refractivity contribution in [2.45, 2.75) is 20.0 Å². The minimum absolute atomic E-state index is 0.104. The highest BCUT2D eigenvalue weighted by atomic mass is 19.4. The maximum absolute atomic E-state index is 13.0. The Bertz CT molecular complexity index is 736. The molecule has 0 saturated heterocycles. The van der Waals surface area contributed by atoms with Gasteiger partial charge in [-0.3, -0.25) is 0 Å². The van der Waals surface area contributed by atoms with Gasteiger partial charge in [-0.25, -0.2) is 4.79 Å². The first-order chi connectivity index (χ1) is 10.7. The van der Waals surface area contributed by atoms with Gasteiger partial charge in [0.25, 0.3) is 0 Å². The molecule has 0 unspecified atom stereocenters. The topological polar surface area (TPSA) is 46.5 Å². The quantitative estimate of drug-likeness (QED) is 0.903. The maximum Gasteiger partial charge on any atom is 0.416 e. The standard InChI is InChI=1S/C17H15F3O3/c1-10-3-5-13(11(2)7-10)14-8-12(17(18,19)20)4-6-15(14)23-9-16(21)22/h3-8H,9H2,1-2H3,(H,21,22). The monoisotopic (exact) mass is 324 g/mol. The Labute approximate surface area is 131 Å². The van der Waals surface area contributed by atoms with Crippen molar-refractivity contribution < 1.29 is 27.8 Å². The predicted octanol–water partition coefficient (Wildman–Crippen LogP) is 4.45. The molecule has 3 nitrogen and oxygen atoms in total. The molecular formula is C17H15F3O3. The highest BCUT2D eigenvalue weighted by Gasteiger charge is 2.31. The van der Waals surface area contributed by atoms with E-state index in [-0.39, 0.29) is 11.3 Å². The number of alkyl halides is 3. The second-order valence-corrected chi connectivity index (χ2v) is 5.21. The SMILES string of the molecule is Cc1ccc(-c2cc(C(F)(F)F)ccc2OCC(=O)O)c(C)c1. The first-order valence-corrected chi connectivity index (χ1v) is 6.82. The number of benzene rings is 2. The van der Waals surface area contributed by atoms with Crippen LogP contribution < -0.4 is 4.74 Å². The molecule has 122 valence electrons. The van der Waals surface area contributed by atoms with Gasteiger partial charge in [-0.2, -0.15) is 13.2 Å². The van der Waals surface area contributed by atoms with Crippen molar-refractivity contribution in [3.8, 4) is 16.9 Å². The van der Waals surface area contributed by atoms with E-state index in [1.807, 2.05) is 13.0 Å². The van der Waals surface area contributed by atoms with Crippen LogP contribution in [0.4, 0.5) is 13.2 Å². The first kappa shape index (κ1) is 16.9. The molecule has 0 amide bonds. The van der Waals surface area contributed by atoms with E-state index in [0.29, 0.717) is 5.56 Å². The lowest BCUT2D eigenvalue weighted by Crippen LogP contribution is -2.11. The third kappa shape index (κ3) is 4.03. The molecule has 2 aromatic rings. The molecule has 0 aliphatic heterocycles. The Kier molecular flexibility index (Phi) is 4.63. The Morgan fingerprint density at radius 3 is 2.35 bits per heavy atom. The van der Waals surface area contributed by atoms with Crippen LogP contribution in [0.2, 0.25) is 0 Å². The number of hydrogen-bond acceptors (Lipinski definition) is 2. The summed E-state index contributed by atoms with van der Waals surface area (Å²) in [4.78, 5) is 10.7. The van der Waals surface area contributed by atoms with Crippen LogP contribution in [-0.4, -0.2) is 17.7 Å². The molecule has 0 bridgehead atoms. The normalized spacial score (nSPS) is 11.3. The predicted molar refractivity (Wildman–Crippen MR) is 79.5 cm³/mol. The fraction of sp³-hybridized carbons (Fsp3) is 0.235. The molecule has 0 aromatic heterocycles. The fourth-order valence-corrected chi connectivity index (χ4v) is 2.30. The van der Waals surface area contributed by atoms with E-state index in [1.165, 1.54) is 0 Å². The summed E-state index contributed by atoms with van der Waals surface area (Å²) < 4.78 is 44.0. The van der Waals surface area contributed by atoms with Crippen LogP contribution in [0.1, 0.15) is 16.7 Å². The van der Waals surface area contributed by atoms with Crippen LogP contribution in [0.3, 0.4) is 0 Å². The summed E-state index contributed by atoms with van der Waals surface area (Å²) in [6.45, 7) is 3.04. The summed E-state index contributed by atoms with van der Waals surface area (Å²) in [5, 5.41) is 8.71. The maximum atomic E-state index is 13.0. The zero-order chi connectivity index (χ0) is 17.2. The zero-order valence-electron chi connectivity index (χ0n) is 12.6. The average molecular weight is 324 g/mol. The van der Waals surface area contributed by atoms with E-state index >= 15 is 0 Å². The van der Waals surface area contributed by atoms with Gasteiger partial charge in [-0.15, -0.1) is 0 Å². The van der Waals surface area contributed by atoms with Gasteiger partial charge in [-0.05, 0) is 43.2 Å². The number of carboxylic acids is 1. The minimum Gasteiger partial charge on any atom is -0.481 e. The summed E-state index contributed by atoms with van der Waals surface area (Å²) >= 11 is 0. The summed E-state index contributed by atoms with van der Waals surface area (Å²) in [6.07, 6.45) is -4.49. The molecule has 2 rings (SSSR count). The molecule has 0 aliphatic rings. The molecular weight excluding hydrogens is 309 g/mol. The fourth-order valence-electron chi connectivity index (χ4n) is 2.30. The number of carboxylic acid groups (broad SMARTS) is 1. The Morgan fingerprint density at radius 1 is 1.09 bits per heavy atom. The lowest BCUT2D eigenvalue weighted by atomic mass is 9.96. The van der Waals surface area contributed by atoms with Crippen molar-refractivity contribution in [1.82, 2.24) is 0 Å². The van der Waals surface area contributed by atoms with Gasteiger partial charge < -0.3 is 9.84 Å². The summed E-state index contributed by atoms with van der Waals surface area (Å²) in [6, 6.07) is 8.34. The molecule has 0 spiro atoms. The van der Waals surface area contributed by atoms with Gasteiger partial charge in [0.1, 0.15) is 5.75 Å². The van der Waals surface area contributed by atoms with Crippen molar-refractivity contribution >= 4 is 5.97 Å². The molecule has 0 fully saturated rings. The van der Waals surface area contributed by atoms with Crippen LogP contribution in [-0.2, 0) is 11.0 Å². The summed E-state index contributed by atoms with van der Waals surface area (Å²) in [5.41, 5.74) is 1.74. The van der Waals surface area contributed by atoms with Crippen LogP contribution in [0.25, 0.3) is 11.1 Å². The van der Waals surface area contributed by atoms with E-state index in [1.54, 1.807) is 19.1 Å². The largest absolute Gasteiger partial charge is 0.481 e. The van der Waals surface area contributed by atoms with Gasteiger partial charge in [0.2, 0.25) is 0 Å². The smallest absolute Gasteiger partial charge is 0.416 e. The molecule has 0 heterocycles. The van der Waals surface area contributed by atoms with E-state index in [2.05, 4.69) is 0 Å². The molecule has 6 heteroatoms. The van der Waals surface area contributed by atoms with Crippen molar-refractivity contribution in [2.24, 2.45) is 0 Å². The second kappa shape index (κ2) is 6.32. The Morgan fingerprint density at radius 2 is 1.78 bits per heavy atom. The number of aryl methyl sites for hydroxylation is 2. The molecule has 0 atom stereocenters. The first-order valence-electron chi connectivity index (χ1n) is 6.82. The van der Waals surface area contributed by atoms with Crippen molar-refractivity contribution in [3.63, 3.8) is 0 Å². The molecule has 0 aliphatic carbocycles. The number of hydrogen-bond donors (Lipinski definition) is 1. The van der Waals surface area contributed by atoms with Crippen molar-refractivity contribution in [1.29, 1.82) is 0 Å². The summed E-state index contributed by atoms with van der Waals surface area (Å²) in [7, 11) is 0. The molecule has 1 N–H and O–H groups in total. The Hall–Kier alpha value is -2.50. The number of aliphatic carboxylic acids is 1. The van der Waals surface area contributed by atoms with Gasteiger partial charge >= 0.3 is 12.1 Å². The van der Waals surface area contributed by atoms with Gasteiger partial charge in [-0.1, -0.05) is 23.8 Å². The number of ether oxygens (including phenoxy) is 1. The third-order valence-corrected chi connectivity index (χ3v) is 3.33. The van der Waals surface area contributed by atoms with E-state index in [0.717, 1.165) is 29.3 Å². The average Bonchev–Trinajstić information content (AvgIpc) is 2.44. The van der Waals surface area contributed by atoms with Crippen LogP contribution in [0.5, 0.6) is 5.75 Å². The van der Waals surface area contributed by atoms with Crippen LogP contribution >= 0.6 is 0 Å². The van der Waals surface area contributed by atoms with Gasteiger partial charge in [0.05, 0.1) is 5.56 Å². The lowest BCUT2D eigenvalue weighted by Gasteiger charge is -2.16. The van der Waals surface area contributed by atoms with Gasteiger partial charge in [0.15, 0.2) is 6.61 Å². The van der Waals surface area contributed by atoms with E-state index in [4.69, 9.17) is 9.84 Å². The number of rotatable bonds is 4.